The number of aromatic nitrogens is 2. The standard InChI is InChI=1S/C9H12N2O2S/c1-13-5-7-10-6-3-2-4-14-8(6)9(12)11-7/h2-5H2,1H3,(H,10,11,12). The van der Waals surface area contributed by atoms with Gasteiger partial charge in [0, 0.05) is 7.11 Å². The number of nitrogens with zero attached hydrogens (tertiary/aromatic N) is 2. The number of fused-ring (bicyclic) bond motifs is 1. The van der Waals surface area contributed by atoms with Gasteiger partial charge in [0.2, 0.25) is 5.88 Å². The quantitative estimate of drug-likeness (QED) is 0.802. The molecule has 0 spiro atoms. The van der Waals surface area contributed by atoms with Crippen LogP contribution in [-0.4, -0.2) is 27.9 Å². The Morgan fingerprint density at radius 1 is 1.50 bits per heavy atom. The van der Waals surface area contributed by atoms with Gasteiger partial charge in [-0.3, -0.25) is 0 Å². The van der Waals surface area contributed by atoms with Crippen LogP contribution < -0.4 is 0 Å². The van der Waals surface area contributed by atoms with E-state index in [1.54, 1.807) is 18.9 Å². The highest BCUT2D eigenvalue weighted by atomic mass is 32.2. The van der Waals surface area contributed by atoms with Gasteiger partial charge in [0.15, 0.2) is 5.82 Å². The van der Waals surface area contributed by atoms with E-state index in [4.69, 9.17) is 4.74 Å². The van der Waals surface area contributed by atoms with Gasteiger partial charge in [-0.25, -0.2) is 4.98 Å². The lowest BCUT2D eigenvalue weighted by Crippen LogP contribution is -2.07. The van der Waals surface area contributed by atoms with Crippen LogP contribution >= 0.6 is 11.8 Å². The molecule has 0 saturated carbocycles. The highest BCUT2D eigenvalue weighted by Gasteiger charge is 2.17. The van der Waals surface area contributed by atoms with E-state index in [-0.39, 0.29) is 5.88 Å². The third-order valence-electron chi connectivity index (χ3n) is 2.04. The van der Waals surface area contributed by atoms with Crippen molar-refractivity contribution >= 4 is 11.8 Å². The Hall–Kier alpha value is -0.810. The molecule has 1 N–H and O–H groups in total. The lowest BCUT2D eigenvalue weighted by molar-refractivity contribution is 0.176. The van der Waals surface area contributed by atoms with E-state index in [0.29, 0.717) is 12.4 Å². The van der Waals surface area contributed by atoms with Crippen LogP contribution in [0, 0.1) is 0 Å². The Balaban J connectivity index is 2.36. The third-order valence-corrected chi connectivity index (χ3v) is 3.24. The average molecular weight is 212 g/mol. The van der Waals surface area contributed by atoms with Crippen LogP contribution in [0.15, 0.2) is 4.90 Å². The molecule has 0 amide bonds. The molecule has 1 aliphatic rings. The van der Waals surface area contributed by atoms with Crippen molar-refractivity contribution in [3.8, 4) is 5.88 Å². The topological polar surface area (TPSA) is 55.2 Å². The molecule has 4 nitrogen and oxygen atoms in total. The molecule has 0 aromatic carbocycles. The number of hydrogen-bond acceptors (Lipinski definition) is 5. The highest BCUT2D eigenvalue weighted by molar-refractivity contribution is 7.99. The lowest BCUT2D eigenvalue weighted by atomic mass is 10.2. The van der Waals surface area contributed by atoms with Gasteiger partial charge in [-0.05, 0) is 18.6 Å². The molecule has 0 aliphatic carbocycles. The minimum atomic E-state index is 0.103. The number of aryl methyl sites for hydroxylation is 1. The van der Waals surface area contributed by atoms with Crippen LogP contribution in [0.1, 0.15) is 17.9 Å². The maximum Gasteiger partial charge on any atom is 0.228 e. The molecule has 76 valence electrons. The minimum absolute atomic E-state index is 0.103. The molecule has 2 heterocycles. The second-order valence-electron chi connectivity index (χ2n) is 3.12. The fourth-order valence-corrected chi connectivity index (χ4v) is 2.44. The van der Waals surface area contributed by atoms with Gasteiger partial charge in [0.25, 0.3) is 0 Å². The van der Waals surface area contributed by atoms with Gasteiger partial charge < -0.3 is 9.84 Å². The summed E-state index contributed by atoms with van der Waals surface area (Å²) in [5, 5.41) is 9.64. The third kappa shape index (κ3) is 1.83. The normalized spacial score (nSPS) is 15.2. The fourth-order valence-electron chi connectivity index (χ4n) is 1.46. The second kappa shape index (κ2) is 4.14. The number of thioether (sulfide) groups is 1. The Kier molecular flexibility index (Phi) is 2.88. The first-order chi connectivity index (χ1) is 6.81. The molecular formula is C9H12N2O2S. The molecule has 2 rings (SSSR count). The molecule has 0 saturated heterocycles. The SMILES string of the molecule is COCc1nc(O)c2c(n1)CCCS2. The van der Waals surface area contributed by atoms with E-state index in [0.717, 1.165) is 29.2 Å². The molecule has 1 aromatic rings. The summed E-state index contributed by atoms with van der Waals surface area (Å²) in [4.78, 5) is 9.17. The largest absolute Gasteiger partial charge is 0.492 e. The van der Waals surface area contributed by atoms with Gasteiger partial charge in [-0.15, -0.1) is 11.8 Å². The molecule has 0 radical (unpaired) electrons. The van der Waals surface area contributed by atoms with Crippen molar-refractivity contribution < 1.29 is 9.84 Å². The zero-order valence-electron chi connectivity index (χ0n) is 7.99. The summed E-state index contributed by atoms with van der Waals surface area (Å²) in [6.07, 6.45) is 2.04. The predicted octanol–water partition coefficient (Wildman–Crippen LogP) is 1.37. The van der Waals surface area contributed by atoms with E-state index in [9.17, 15) is 5.11 Å². The zero-order chi connectivity index (χ0) is 9.97. The van der Waals surface area contributed by atoms with Crippen LogP contribution in [0.3, 0.4) is 0 Å². The maximum absolute atomic E-state index is 9.64. The molecule has 0 unspecified atom stereocenters. The predicted molar refractivity (Wildman–Crippen MR) is 53.5 cm³/mol. The molecule has 1 aromatic heterocycles. The van der Waals surface area contributed by atoms with E-state index in [2.05, 4.69) is 9.97 Å². The Labute approximate surface area is 86.7 Å². The van der Waals surface area contributed by atoms with Crippen LogP contribution in [-0.2, 0) is 17.8 Å². The molecule has 1 aliphatic heterocycles. The number of rotatable bonds is 2. The minimum Gasteiger partial charge on any atom is -0.492 e. The first-order valence-corrected chi connectivity index (χ1v) is 5.50. The van der Waals surface area contributed by atoms with Crippen molar-refractivity contribution in [2.75, 3.05) is 12.9 Å². The van der Waals surface area contributed by atoms with Crippen molar-refractivity contribution in [1.82, 2.24) is 9.97 Å². The van der Waals surface area contributed by atoms with Gasteiger partial charge in [0.05, 0.1) is 10.6 Å². The van der Waals surface area contributed by atoms with Crippen molar-refractivity contribution in [1.29, 1.82) is 0 Å². The van der Waals surface area contributed by atoms with Gasteiger partial charge in [0.1, 0.15) is 6.61 Å². The molecule has 0 atom stereocenters. The molecule has 14 heavy (non-hydrogen) atoms. The Morgan fingerprint density at radius 2 is 2.36 bits per heavy atom. The highest BCUT2D eigenvalue weighted by Crippen LogP contribution is 2.34. The van der Waals surface area contributed by atoms with Crippen LogP contribution in [0.5, 0.6) is 5.88 Å². The number of hydrogen-bond donors (Lipinski definition) is 1. The summed E-state index contributed by atoms with van der Waals surface area (Å²) in [5.74, 6) is 1.70. The van der Waals surface area contributed by atoms with Crippen molar-refractivity contribution in [2.45, 2.75) is 24.3 Å². The maximum atomic E-state index is 9.64. The van der Waals surface area contributed by atoms with E-state index in [1.807, 2.05) is 0 Å². The second-order valence-corrected chi connectivity index (χ2v) is 4.23. The first-order valence-electron chi connectivity index (χ1n) is 4.51. The smallest absolute Gasteiger partial charge is 0.228 e. The number of aromatic hydroxyl groups is 1. The van der Waals surface area contributed by atoms with Crippen LogP contribution in [0.2, 0.25) is 0 Å². The van der Waals surface area contributed by atoms with Gasteiger partial charge in [-0.2, -0.15) is 4.98 Å². The molecule has 5 heteroatoms. The van der Waals surface area contributed by atoms with E-state index in [1.165, 1.54) is 0 Å². The summed E-state index contributed by atoms with van der Waals surface area (Å²) in [7, 11) is 1.59. The average Bonchev–Trinajstić information content (AvgIpc) is 2.18. The summed E-state index contributed by atoms with van der Waals surface area (Å²) in [6, 6.07) is 0. The molecular weight excluding hydrogens is 200 g/mol. The number of ether oxygens (including phenoxy) is 1. The fraction of sp³-hybridized carbons (Fsp3) is 0.556. The number of methoxy groups -OCH3 is 1. The van der Waals surface area contributed by atoms with E-state index < -0.39 is 0 Å². The summed E-state index contributed by atoms with van der Waals surface area (Å²) in [6.45, 7) is 0.353. The lowest BCUT2D eigenvalue weighted by Gasteiger charge is -2.15. The summed E-state index contributed by atoms with van der Waals surface area (Å²) < 4.78 is 4.93. The van der Waals surface area contributed by atoms with Crippen molar-refractivity contribution in [3.05, 3.63) is 11.5 Å². The molecule has 0 fully saturated rings. The Bertz CT molecular complexity index is 344. The van der Waals surface area contributed by atoms with Crippen LogP contribution in [0.4, 0.5) is 0 Å². The van der Waals surface area contributed by atoms with Gasteiger partial charge in [-0.1, -0.05) is 0 Å². The summed E-state index contributed by atoms with van der Waals surface area (Å²) >= 11 is 1.63. The van der Waals surface area contributed by atoms with Crippen LogP contribution in [0.25, 0.3) is 0 Å². The zero-order valence-corrected chi connectivity index (χ0v) is 8.80. The van der Waals surface area contributed by atoms with Gasteiger partial charge >= 0.3 is 0 Å². The Morgan fingerprint density at radius 3 is 3.14 bits per heavy atom. The summed E-state index contributed by atoms with van der Waals surface area (Å²) in [5.41, 5.74) is 0.959. The monoisotopic (exact) mass is 212 g/mol. The van der Waals surface area contributed by atoms with Crippen molar-refractivity contribution in [2.24, 2.45) is 0 Å². The van der Waals surface area contributed by atoms with Crippen molar-refractivity contribution in [3.63, 3.8) is 0 Å². The van der Waals surface area contributed by atoms with E-state index >= 15 is 0 Å². The molecule has 0 bridgehead atoms. The first kappa shape index (κ1) is 9.73.